The second kappa shape index (κ2) is 6.03. The summed E-state index contributed by atoms with van der Waals surface area (Å²) in [6.45, 7) is 2.02. The molecule has 0 aliphatic carbocycles. The number of thioether (sulfide) groups is 1. The normalized spacial score (nSPS) is 12.5. The van der Waals surface area contributed by atoms with E-state index in [-0.39, 0.29) is 0 Å². The summed E-state index contributed by atoms with van der Waals surface area (Å²) in [6.07, 6.45) is 2.38. The highest BCUT2D eigenvalue weighted by molar-refractivity contribution is 7.98. The Labute approximate surface area is 95.7 Å². The number of benzene rings is 1. The number of ether oxygens (including phenoxy) is 1. The molecule has 0 spiro atoms. The van der Waals surface area contributed by atoms with E-state index in [2.05, 4.69) is 0 Å². The van der Waals surface area contributed by atoms with E-state index < -0.39 is 6.10 Å². The topological polar surface area (TPSA) is 29.5 Å². The van der Waals surface area contributed by atoms with Crippen LogP contribution in [0, 0.1) is 6.92 Å². The molecule has 2 nitrogen and oxygen atoms in total. The van der Waals surface area contributed by atoms with Gasteiger partial charge >= 0.3 is 0 Å². The highest BCUT2D eigenvalue weighted by Gasteiger charge is 2.12. The fraction of sp³-hybridized carbons (Fsp3) is 0.500. The fourth-order valence-corrected chi connectivity index (χ4v) is 1.96. The number of hydrogen-bond acceptors (Lipinski definition) is 3. The summed E-state index contributed by atoms with van der Waals surface area (Å²) >= 11 is 1.74. The molecule has 0 amide bonds. The predicted octanol–water partition coefficient (Wildman–Crippen LogP) is 2.79. The molecule has 0 aromatic heterocycles. The van der Waals surface area contributed by atoms with Gasteiger partial charge in [-0.3, -0.25) is 0 Å². The highest BCUT2D eigenvalue weighted by atomic mass is 32.2. The second-order valence-electron chi connectivity index (χ2n) is 3.54. The lowest BCUT2D eigenvalue weighted by Crippen LogP contribution is -2.02. The van der Waals surface area contributed by atoms with E-state index in [1.54, 1.807) is 18.9 Å². The van der Waals surface area contributed by atoms with Gasteiger partial charge in [-0.1, -0.05) is 11.6 Å². The molecule has 1 rings (SSSR count). The maximum atomic E-state index is 9.99. The van der Waals surface area contributed by atoms with Crippen molar-refractivity contribution in [3.05, 3.63) is 29.3 Å². The lowest BCUT2D eigenvalue weighted by Gasteiger charge is -2.15. The van der Waals surface area contributed by atoms with Gasteiger partial charge in [0.2, 0.25) is 0 Å². The van der Waals surface area contributed by atoms with Crippen LogP contribution in [0.15, 0.2) is 18.2 Å². The monoisotopic (exact) mass is 226 g/mol. The molecule has 0 heterocycles. The van der Waals surface area contributed by atoms with Crippen molar-refractivity contribution >= 4 is 11.8 Å². The fourth-order valence-electron chi connectivity index (χ4n) is 1.50. The van der Waals surface area contributed by atoms with Crippen LogP contribution in [0.3, 0.4) is 0 Å². The second-order valence-corrected chi connectivity index (χ2v) is 4.53. The summed E-state index contributed by atoms with van der Waals surface area (Å²) < 4.78 is 5.23. The quantitative estimate of drug-likeness (QED) is 0.837. The minimum absolute atomic E-state index is 0.424. The van der Waals surface area contributed by atoms with Crippen LogP contribution < -0.4 is 4.74 Å². The molecular weight excluding hydrogens is 208 g/mol. The van der Waals surface area contributed by atoms with E-state index in [1.165, 1.54) is 0 Å². The largest absolute Gasteiger partial charge is 0.496 e. The Morgan fingerprint density at radius 1 is 1.47 bits per heavy atom. The smallest absolute Gasteiger partial charge is 0.124 e. The van der Waals surface area contributed by atoms with Crippen molar-refractivity contribution in [2.75, 3.05) is 19.1 Å². The van der Waals surface area contributed by atoms with Crippen molar-refractivity contribution in [1.29, 1.82) is 0 Å². The van der Waals surface area contributed by atoms with Gasteiger partial charge < -0.3 is 9.84 Å². The van der Waals surface area contributed by atoms with E-state index in [4.69, 9.17) is 4.74 Å². The van der Waals surface area contributed by atoms with Crippen molar-refractivity contribution in [3.8, 4) is 5.75 Å². The van der Waals surface area contributed by atoms with Gasteiger partial charge in [0.25, 0.3) is 0 Å². The van der Waals surface area contributed by atoms with Crippen molar-refractivity contribution in [3.63, 3.8) is 0 Å². The Kier molecular flexibility index (Phi) is 4.99. The molecule has 1 aromatic carbocycles. The van der Waals surface area contributed by atoms with E-state index >= 15 is 0 Å². The number of aliphatic hydroxyl groups is 1. The maximum absolute atomic E-state index is 9.99. The first-order valence-corrected chi connectivity index (χ1v) is 6.40. The lowest BCUT2D eigenvalue weighted by molar-refractivity contribution is 0.170. The predicted molar refractivity (Wildman–Crippen MR) is 65.7 cm³/mol. The average Bonchev–Trinajstić information content (AvgIpc) is 2.25. The first-order valence-electron chi connectivity index (χ1n) is 5.00. The molecule has 0 radical (unpaired) electrons. The summed E-state index contributed by atoms with van der Waals surface area (Å²) in [5, 5.41) is 9.99. The minimum Gasteiger partial charge on any atom is -0.496 e. The van der Waals surface area contributed by atoms with Crippen molar-refractivity contribution in [1.82, 2.24) is 0 Å². The third kappa shape index (κ3) is 3.43. The molecule has 1 atom stereocenters. The standard InChI is InChI=1S/C12H18O2S/c1-9-4-5-12(14-2)10(8-9)11(13)6-7-15-3/h4-5,8,11,13H,6-7H2,1-3H3. The van der Waals surface area contributed by atoms with Crippen LogP contribution in [0.5, 0.6) is 5.75 Å². The highest BCUT2D eigenvalue weighted by Crippen LogP contribution is 2.28. The third-order valence-electron chi connectivity index (χ3n) is 2.34. The minimum atomic E-state index is -0.424. The Morgan fingerprint density at radius 2 is 2.20 bits per heavy atom. The Hall–Kier alpha value is -0.670. The van der Waals surface area contributed by atoms with Gasteiger partial charge in [0.05, 0.1) is 13.2 Å². The SMILES string of the molecule is COc1ccc(C)cc1C(O)CCSC. The molecule has 0 aliphatic heterocycles. The average molecular weight is 226 g/mol. The maximum Gasteiger partial charge on any atom is 0.124 e. The first-order chi connectivity index (χ1) is 7.19. The van der Waals surface area contributed by atoms with Gasteiger partial charge in [-0.05, 0) is 37.5 Å². The molecular formula is C12H18O2S. The van der Waals surface area contributed by atoms with Crippen LogP contribution in [-0.2, 0) is 0 Å². The number of aliphatic hydroxyl groups excluding tert-OH is 1. The van der Waals surface area contributed by atoms with Gasteiger partial charge in [-0.15, -0.1) is 0 Å². The van der Waals surface area contributed by atoms with Gasteiger partial charge in [0.1, 0.15) is 5.75 Å². The van der Waals surface area contributed by atoms with E-state index in [0.717, 1.165) is 29.1 Å². The molecule has 3 heteroatoms. The Morgan fingerprint density at radius 3 is 2.80 bits per heavy atom. The number of rotatable bonds is 5. The van der Waals surface area contributed by atoms with E-state index in [1.807, 2.05) is 31.4 Å². The first kappa shape index (κ1) is 12.4. The lowest BCUT2D eigenvalue weighted by atomic mass is 10.0. The van der Waals surface area contributed by atoms with Crippen LogP contribution in [0.4, 0.5) is 0 Å². The molecule has 0 saturated heterocycles. The molecule has 84 valence electrons. The zero-order chi connectivity index (χ0) is 11.3. The van der Waals surface area contributed by atoms with Crippen LogP contribution in [0.1, 0.15) is 23.7 Å². The van der Waals surface area contributed by atoms with Gasteiger partial charge in [-0.25, -0.2) is 0 Å². The number of methoxy groups -OCH3 is 1. The van der Waals surface area contributed by atoms with Crippen LogP contribution in [0.25, 0.3) is 0 Å². The molecule has 1 unspecified atom stereocenters. The summed E-state index contributed by atoms with van der Waals surface area (Å²) in [6, 6.07) is 5.89. The van der Waals surface area contributed by atoms with Crippen LogP contribution >= 0.6 is 11.8 Å². The molecule has 0 fully saturated rings. The van der Waals surface area contributed by atoms with Crippen LogP contribution in [-0.4, -0.2) is 24.2 Å². The molecule has 0 saturated carbocycles. The van der Waals surface area contributed by atoms with Gasteiger partial charge in [0, 0.05) is 5.56 Å². The van der Waals surface area contributed by atoms with Crippen molar-refractivity contribution in [2.24, 2.45) is 0 Å². The van der Waals surface area contributed by atoms with Gasteiger partial charge in [-0.2, -0.15) is 11.8 Å². The summed E-state index contributed by atoms with van der Waals surface area (Å²) in [4.78, 5) is 0. The van der Waals surface area contributed by atoms with E-state index in [9.17, 15) is 5.11 Å². The number of hydrogen-bond donors (Lipinski definition) is 1. The molecule has 1 N–H and O–H groups in total. The summed E-state index contributed by atoms with van der Waals surface area (Å²) in [5.74, 6) is 1.73. The number of aryl methyl sites for hydroxylation is 1. The molecule has 0 bridgehead atoms. The van der Waals surface area contributed by atoms with E-state index in [0.29, 0.717) is 0 Å². The summed E-state index contributed by atoms with van der Waals surface area (Å²) in [5.41, 5.74) is 2.04. The molecule has 1 aromatic rings. The molecule has 0 aliphatic rings. The zero-order valence-corrected chi connectivity index (χ0v) is 10.3. The van der Waals surface area contributed by atoms with Crippen molar-refractivity contribution in [2.45, 2.75) is 19.4 Å². The Bertz CT molecular complexity index is 312. The van der Waals surface area contributed by atoms with Crippen LogP contribution in [0.2, 0.25) is 0 Å². The zero-order valence-electron chi connectivity index (χ0n) is 9.49. The molecule has 15 heavy (non-hydrogen) atoms. The van der Waals surface area contributed by atoms with Crippen molar-refractivity contribution < 1.29 is 9.84 Å². The van der Waals surface area contributed by atoms with Gasteiger partial charge in [0.15, 0.2) is 0 Å². The summed E-state index contributed by atoms with van der Waals surface area (Å²) in [7, 11) is 1.63. The Balaban J connectivity index is 2.85. The third-order valence-corrected chi connectivity index (χ3v) is 2.98.